The Morgan fingerprint density at radius 3 is 3.00 bits per heavy atom. The molecule has 5 nitrogen and oxygen atoms in total. The molecule has 1 fully saturated rings. The lowest BCUT2D eigenvalue weighted by Gasteiger charge is -2.38. The normalized spacial score (nSPS) is 24.0. The monoisotopic (exact) mass is 248 g/mol. The number of carbonyl (C=O) groups excluding carboxylic acids is 1. The Balaban J connectivity index is 2.05. The third-order valence-electron chi connectivity index (χ3n) is 3.75. The van der Waals surface area contributed by atoms with Gasteiger partial charge in [-0.15, -0.1) is 0 Å². The summed E-state index contributed by atoms with van der Waals surface area (Å²) < 4.78 is 0. The summed E-state index contributed by atoms with van der Waals surface area (Å²) in [6, 6.07) is 2.25. The molecular weight excluding hydrogens is 228 g/mol. The summed E-state index contributed by atoms with van der Waals surface area (Å²) >= 11 is 0. The molecule has 2 rings (SSSR count). The van der Waals surface area contributed by atoms with Crippen LogP contribution in [0.1, 0.15) is 30.1 Å². The summed E-state index contributed by atoms with van der Waals surface area (Å²) in [4.78, 5) is 14.2. The number of amides is 1. The van der Waals surface area contributed by atoms with Crippen LogP contribution in [-0.2, 0) is 0 Å². The number of hydrogen-bond donors (Lipinski definition) is 1. The van der Waals surface area contributed by atoms with E-state index in [0.29, 0.717) is 17.5 Å². The molecule has 0 bridgehead atoms. The second-order valence-corrected chi connectivity index (χ2v) is 4.73. The Kier molecular flexibility index (Phi) is 4.25. The van der Waals surface area contributed by atoms with Crippen LogP contribution < -0.4 is 5.32 Å². The molecule has 18 heavy (non-hydrogen) atoms. The topological polar surface area (TPSA) is 58.1 Å². The minimum Gasteiger partial charge on any atom is -0.338 e. The van der Waals surface area contributed by atoms with E-state index in [1.165, 1.54) is 6.20 Å². The van der Waals surface area contributed by atoms with Gasteiger partial charge in [0.25, 0.3) is 5.91 Å². The third-order valence-corrected chi connectivity index (χ3v) is 3.75. The maximum Gasteiger partial charge on any atom is 0.255 e. The zero-order valence-corrected chi connectivity index (χ0v) is 11.0. The summed E-state index contributed by atoms with van der Waals surface area (Å²) in [5.41, 5.74) is 0.628. The zero-order valence-electron chi connectivity index (χ0n) is 11.0. The summed E-state index contributed by atoms with van der Waals surface area (Å²) in [7, 11) is 2.00. The lowest BCUT2D eigenvalue weighted by molar-refractivity contribution is 0.0631. The summed E-state index contributed by atoms with van der Waals surface area (Å²) in [6.45, 7) is 3.81. The van der Waals surface area contributed by atoms with Crippen LogP contribution in [0.15, 0.2) is 18.5 Å². The van der Waals surface area contributed by atoms with Crippen LogP contribution in [-0.4, -0.2) is 47.2 Å². The van der Waals surface area contributed by atoms with E-state index in [4.69, 9.17) is 0 Å². The first-order valence-corrected chi connectivity index (χ1v) is 6.49. The highest BCUT2D eigenvalue weighted by atomic mass is 16.2. The summed E-state index contributed by atoms with van der Waals surface area (Å²) in [6.07, 6.45) is 5.20. The van der Waals surface area contributed by atoms with Crippen molar-refractivity contribution in [3.63, 3.8) is 0 Å². The van der Waals surface area contributed by atoms with Gasteiger partial charge >= 0.3 is 0 Å². The molecule has 2 heterocycles. The molecule has 5 heteroatoms. The van der Waals surface area contributed by atoms with Gasteiger partial charge in [-0.1, -0.05) is 13.3 Å². The van der Waals surface area contributed by atoms with Gasteiger partial charge in [0.1, 0.15) is 0 Å². The number of aromatic nitrogens is 2. The van der Waals surface area contributed by atoms with Crippen molar-refractivity contribution in [1.29, 1.82) is 0 Å². The quantitative estimate of drug-likeness (QED) is 0.865. The number of nitrogens with one attached hydrogen (secondary N) is 1. The average Bonchev–Trinajstić information content (AvgIpc) is 2.46. The SMILES string of the molecule is CCC1CN(C(=O)c2ccnnc2)CCC1NC. The minimum atomic E-state index is 0.0675. The van der Waals surface area contributed by atoms with E-state index < -0.39 is 0 Å². The van der Waals surface area contributed by atoms with Gasteiger partial charge in [-0.05, 0) is 25.5 Å². The predicted octanol–water partition coefficient (Wildman–Crippen LogP) is 0.937. The highest BCUT2D eigenvalue weighted by Crippen LogP contribution is 2.21. The molecule has 2 unspecified atom stereocenters. The molecule has 1 N–H and O–H groups in total. The van der Waals surface area contributed by atoms with Crippen LogP contribution in [0.25, 0.3) is 0 Å². The average molecular weight is 248 g/mol. The largest absolute Gasteiger partial charge is 0.338 e. The fraction of sp³-hybridized carbons (Fsp3) is 0.615. The van der Waals surface area contributed by atoms with Crippen LogP contribution in [0, 0.1) is 5.92 Å². The highest BCUT2D eigenvalue weighted by Gasteiger charge is 2.29. The van der Waals surface area contributed by atoms with Gasteiger partial charge < -0.3 is 10.2 Å². The van der Waals surface area contributed by atoms with Crippen molar-refractivity contribution in [2.45, 2.75) is 25.8 Å². The molecule has 1 aromatic heterocycles. The first-order chi connectivity index (χ1) is 8.76. The van der Waals surface area contributed by atoms with E-state index in [-0.39, 0.29) is 5.91 Å². The Labute approximate surface area is 108 Å². The second kappa shape index (κ2) is 5.91. The van der Waals surface area contributed by atoms with E-state index in [9.17, 15) is 4.79 Å². The van der Waals surface area contributed by atoms with Gasteiger partial charge in [0, 0.05) is 19.1 Å². The molecule has 0 aromatic carbocycles. The molecule has 0 radical (unpaired) electrons. The number of rotatable bonds is 3. The first-order valence-electron chi connectivity index (χ1n) is 6.49. The van der Waals surface area contributed by atoms with Gasteiger partial charge in [0.05, 0.1) is 18.0 Å². The predicted molar refractivity (Wildman–Crippen MR) is 69.2 cm³/mol. The fourth-order valence-corrected chi connectivity index (χ4v) is 2.61. The Bertz CT molecular complexity index is 395. The molecule has 0 spiro atoms. The third kappa shape index (κ3) is 2.67. The van der Waals surface area contributed by atoms with Crippen LogP contribution >= 0.6 is 0 Å². The van der Waals surface area contributed by atoms with Gasteiger partial charge in [-0.2, -0.15) is 10.2 Å². The summed E-state index contributed by atoms with van der Waals surface area (Å²) in [5.74, 6) is 0.598. The van der Waals surface area contributed by atoms with E-state index >= 15 is 0 Å². The van der Waals surface area contributed by atoms with Gasteiger partial charge in [-0.25, -0.2) is 0 Å². The molecule has 1 saturated heterocycles. The molecule has 0 aliphatic carbocycles. The van der Waals surface area contributed by atoms with Crippen LogP contribution in [0.4, 0.5) is 0 Å². The maximum absolute atomic E-state index is 12.3. The van der Waals surface area contributed by atoms with E-state index in [0.717, 1.165) is 25.9 Å². The van der Waals surface area contributed by atoms with Crippen LogP contribution in [0.3, 0.4) is 0 Å². The van der Waals surface area contributed by atoms with Crippen molar-refractivity contribution in [3.05, 3.63) is 24.0 Å². The van der Waals surface area contributed by atoms with Crippen LogP contribution in [0.2, 0.25) is 0 Å². The maximum atomic E-state index is 12.3. The van der Waals surface area contributed by atoms with Crippen molar-refractivity contribution in [2.75, 3.05) is 20.1 Å². The van der Waals surface area contributed by atoms with E-state index in [2.05, 4.69) is 22.4 Å². The molecular formula is C13H20N4O. The number of piperidine rings is 1. The zero-order chi connectivity index (χ0) is 13.0. The molecule has 1 aliphatic rings. The number of likely N-dealkylation sites (tertiary alicyclic amines) is 1. The lowest BCUT2D eigenvalue weighted by atomic mass is 9.90. The van der Waals surface area contributed by atoms with Crippen molar-refractivity contribution < 1.29 is 4.79 Å². The molecule has 2 atom stereocenters. The highest BCUT2D eigenvalue weighted by molar-refractivity contribution is 5.93. The van der Waals surface area contributed by atoms with Crippen molar-refractivity contribution in [3.8, 4) is 0 Å². The number of carbonyl (C=O) groups is 1. The number of nitrogens with zero attached hydrogens (tertiary/aromatic N) is 3. The molecule has 1 aromatic rings. The smallest absolute Gasteiger partial charge is 0.255 e. The second-order valence-electron chi connectivity index (χ2n) is 4.73. The molecule has 98 valence electrons. The van der Waals surface area contributed by atoms with Crippen LogP contribution in [0.5, 0.6) is 0 Å². The van der Waals surface area contributed by atoms with E-state index in [1.54, 1.807) is 12.3 Å². The standard InChI is InChI=1S/C13H20N4O/c1-3-10-9-17(7-5-12(10)14-2)13(18)11-4-6-15-16-8-11/h4,6,8,10,12,14H,3,5,7,9H2,1-2H3. The van der Waals surface area contributed by atoms with E-state index in [1.807, 2.05) is 11.9 Å². The summed E-state index contributed by atoms with van der Waals surface area (Å²) in [5, 5.41) is 10.8. The molecule has 1 amide bonds. The van der Waals surface area contributed by atoms with Crippen molar-refractivity contribution in [1.82, 2.24) is 20.4 Å². The van der Waals surface area contributed by atoms with Crippen molar-refractivity contribution >= 4 is 5.91 Å². The number of hydrogen-bond acceptors (Lipinski definition) is 4. The minimum absolute atomic E-state index is 0.0675. The Morgan fingerprint density at radius 1 is 1.56 bits per heavy atom. The first kappa shape index (κ1) is 13.0. The van der Waals surface area contributed by atoms with Gasteiger partial charge in [0.15, 0.2) is 0 Å². The Hall–Kier alpha value is -1.49. The van der Waals surface area contributed by atoms with Gasteiger partial charge in [-0.3, -0.25) is 4.79 Å². The van der Waals surface area contributed by atoms with Crippen molar-refractivity contribution in [2.24, 2.45) is 5.92 Å². The molecule has 0 saturated carbocycles. The molecule has 1 aliphatic heterocycles. The Morgan fingerprint density at radius 2 is 2.39 bits per heavy atom. The van der Waals surface area contributed by atoms with Gasteiger partial charge in [0.2, 0.25) is 0 Å². The lowest BCUT2D eigenvalue weighted by Crippen LogP contribution is -2.50. The fourth-order valence-electron chi connectivity index (χ4n) is 2.61.